The lowest BCUT2D eigenvalue weighted by atomic mass is 9.98. The second kappa shape index (κ2) is 10.5. The van der Waals surface area contributed by atoms with Crippen LogP contribution < -0.4 is 5.69 Å². The number of aromatic nitrogens is 4. The van der Waals surface area contributed by atoms with Crippen LogP contribution in [-0.4, -0.2) is 19.1 Å². The molecule has 202 valence electrons. The highest BCUT2D eigenvalue weighted by molar-refractivity contribution is 5.93. The number of imidazole rings is 1. The summed E-state index contributed by atoms with van der Waals surface area (Å²) in [5.74, 6) is 0.672. The Hall–Kier alpha value is -5.55. The predicted octanol–water partition coefficient (Wildman–Crippen LogP) is 8.00. The van der Waals surface area contributed by atoms with Crippen LogP contribution in [0.25, 0.3) is 67.2 Å². The van der Waals surface area contributed by atoms with E-state index in [0.717, 1.165) is 61.4 Å². The summed E-state index contributed by atoms with van der Waals surface area (Å²) in [6, 6.07) is 45.4. The number of aryl methyl sites for hydroxylation is 2. The Kier molecular flexibility index (Phi) is 6.32. The van der Waals surface area contributed by atoms with Gasteiger partial charge in [-0.25, -0.2) is 14.8 Å². The summed E-state index contributed by atoms with van der Waals surface area (Å²) in [5, 5.41) is 0. The van der Waals surface area contributed by atoms with Gasteiger partial charge in [0.05, 0.1) is 22.4 Å². The first-order valence-electron chi connectivity index (χ1n) is 13.9. The molecule has 7 rings (SSSR count). The van der Waals surface area contributed by atoms with Gasteiger partial charge in [-0.1, -0.05) is 109 Å². The van der Waals surface area contributed by atoms with Crippen LogP contribution in [0.1, 0.15) is 0 Å². The van der Waals surface area contributed by atoms with Crippen molar-refractivity contribution in [1.29, 1.82) is 0 Å². The lowest BCUT2D eigenvalue weighted by Gasteiger charge is -2.12. The number of para-hydroxylation sites is 1. The summed E-state index contributed by atoms with van der Waals surface area (Å²) in [5.41, 5.74) is 10.7. The van der Waals surface area contributed by atoms with Crippen molar-refractivity contribution in [1.82, 2.24) is 19.1 Å². The van der Waals surface area contributed by atoms with Crippen molar-refractivity contribution in [2.24, 2.45) is 14.1 Å². The quantitative estimate of drug-likeness (QED) is 0.221. The first-order chi connectivity index (χ1) is 20.6. The Morgan fingerprint density at radius 2 is 1.00 bits per heavy atom. The Morgan fingerprint density at radius 1 is 0.476 bits per heavy atom. The van der Waals surface area contributed by atoms with Gasteiger partial charge in [-0.05, 0) is 41.0 Å². The zero-order valence-electron chi connectivity index (χ0n) is 23.4. The van der Waals surface area contributed by atoms with E-state index in [4.69, 9.17) is 9.97 Å². The summed E-state index contributed by atoms with van der Waals surface area (Å²) in [4.78, 5) is 22.8. The second-order valence-electron chi connectivity index (χ2n) is 10.4. The highest BCUT2D eigenvalue weighted by Crippen LogP contribution is 2.33. The lowest BCUT2D eigenvalue weighted by molar-refractivity contribution is 0.795. The molecule has 5 heteroatoms. The van der Waals surface area contributed by atoms with Crippen LogP contribution in [0.2, 0.25) is 0 Å². The third-order valence-corrected chi connectivity index (χ3v) is 7.78. The molecule has 7 aromatic rings. The molecule has 0 saturated carbocycles. The van der Waals surface area contributed by atoms with Gasteiger partial charge in [0.15, 0.2) is 5.82 Å². The summed E-state index contributed by atoms with van der Waals surface area (Å²) in [7, 11) is 3.63. The van der Waals surface area contributed by atoms with Crippen molar-refractivity contribution >= 4 is 11.0 Å². The SMILES string of the molecule is Cn1c(=O)n(C)c2c(-c3cccc(-c4cc(-c5cccc(-c6ccccc6)c5)nc(-c5ccccc5)n4)c3)cccc21. The highest BCUT2D eigenvalue weighted by Gasteiger charge is 2.15. The maximum atomic E-state index is 12.7. The third kappa shape index (κ3) is 4.51. The molecule has 5 nitrogen and oxygen atoms in total. The van der Waals surface area contributed by atoms with Crippen LogP contribution in [0, 0.1) is 0 Å². The fraction of sp³-hybridized carbons (Fsp3) is 0.0541. The minimum atomic E-state index is -0.0423. The molecule has 0 amide bonds. The van der Waals surface area contributed by atoms with Gasteiger partial charge in [0.2, 0.25) is 0 Å². The van der Waals surface area contributed by atoms with Crippen molar-refractivity contribution in [3.05, 3.63) is 144 Å². The van der Waals surface area contributed by atoms with E-state index in [1.165, 1.54) is 0 Å². The number of rotatable bonds is 5. The molecule has 0 spiro atoms. The minimum Gasteiger partial charge on any atom is -0.295 e. The van der Waals surface area contributed by atoms with Crippen LogP contribution in [0.4, 0.5) is 0 Å². The minimum absolute atomic E-state index is 0.0423. The average Bonchev–Trinajstić information content (AvgIpc) is 3.29. The van der Waals surface area contributed by atoms with Gasteiger partial charge in [0, 0.05) is 36.3 Å². The van der Waals surface area contributed by atoms with Crippen LogP contribution >= 0.6 is 0 Å². The molecule has 0 N–H and O–H groups in total. The van der Waals surface area contributed by atoms with Gasteiger partial charge < -0.3 is 0 Å². The highest BCUT2D eigenvalue weighted by atomic mass is 16.1. The zero-order valence-corrected chi connectivity index (χ0v) is 23.4. The van der Waals surface area contributed by atoms with Crippen LogP contribution in [-0.2, 0) is 14.1 Å². The maximum Gasteiger partial charge on any atom is 0.328 e. The number of nitrogens with zero attached hydrogens (tertiary/aromatic N) is 4. The summed E-state index contributed by atoms with van der Waals surface area (Å²) >= 11 is 0. The topological polar surface area (TPSA) is 52.7 Å². The molecule has 0 aliphatic carbocycles. The van der Waals surface area contributed by atoms with Crippen molar-refractivity contribution < 1.29 is 0 Å². The fourth-order valence-corrected chi connectivity index (χ4v) is 5.61. The molecule has 2 heterocycles. The first-order valence-corrected chi connectivity index (χ1v) is 13.9. The Bertz CT molecular complexity index is 2130. The molecule has 0 bridgehead atoms. The van der Waals surface area contributed by atoms with Crippen LogP contribution in [0.5, 0.6) is 0 Å². The van der Waals surface area contributed by atoms with E-state index in [9.17, 15) is 4.79 Å². The first kappa shape index (κ1) is 25.4. The van der Waals surface area contributed by atoms with E-state index in [0.29, 0.717) is 5.82 Å². The van der Waals surface area contributed by atoms with Crippen molar-refractivity contribution in [3.8, 4) is 56.2 Å². The van der Waals surface area contributed by atoms with E-state index in [-0.39, 0.29) is 5.69 Å². The Labute approximate surface area is 244 Å². The molecule has 0 aliphatic rings. The molecule has 0 unspecified atom stereocenters. The molecule has 42 heavy (non-hydrogen) atoms. The standard InChI is InChI=1S/C37H28N4O/c1-40-34-21-11-20-31(35(34)41(2)37(40)42)28-17-10-19-30(23-28)33-24-32(38-36(39-33)26-14-7-4-8-15-26)29-18-9-16-27(22-29)25-12-5-3-6-13-25/h3-24H,1-2H3. The van der Waals surface area contributed by atoms with Gasteiger partial charge in [0.25, 0.3) is 0 Å². The van der Waals surface area contributed by atoms with E-state index in [1.54, 1.807) is 9.13 Å². The average molecular weight is 545 g/mol. The molecule has 2 aromatic heterocycles. The van der Waals surface area contributed by atoms with Crippen LogP contribution in [0.3, 0.4) is 0 Å². The molecule has 0 saturated heterocycles. The van der Waals surface area contributed by atoms with Crippen molar-refractivity contribution in [3.63, 3.8) is 0 Å². The van der Waals surface area contributed by atoms with Gasteiger partial charge in [-0.15, -0.1) is 0 Å². The molecule has 0 radical (unpaired) electrons. The Morgan fingerprint density at radius 3 is 1.67 bits per heavy atom. The molecular weight excluding hydrogens is 516 g/mol. The van der Waals surface area contributed by atoms with Gasteiger partial charge in [0.1, 0.15) is 0 Å². The summed E-state index contributed by atoms with van der Waals surface area (Å²) in [6.07, 6.45) is 0. The number of benzene rings is 5. The van der Waals surface area contributed by atoms with E-state index in [1.807, 2.05) is 68.7 Å². The molecule has 0 atom stereocenters. The molecular formula is C37H28N4O. The molecule has 0 aliphatic heterocycles. The third-order valence-electron chi connectivity index (χ3n) is 7.78. The molecule has 0 fully saturated rings. The Balaban J connectivity index is 1.39. The number of hydrogen-bond acceptors (Lipinski definition) is 3. The van der Waals surface area contributed by atoms with E-state index >= 15 is 0 Å². The monoisotopic (exact) mass is 544 g/mol. The smallest absolute Gasteiger partial charge is 0.295 e. The van der Waals surface area contributed by atoms with Gasteiger partial charge in [-0.2, -0.15) is 0 Å². The van der Waals surface area contributed by atoms with E-state index in [2.05, 4.69) is 78.9 Å². The summed E-state index contributed by atoms with van der Waals surface area (Å²) in [6.45, 7) is 0. The summed E-state index contributed by atoms with van der Waals surface area (Å²) < 4.78 is 3.41. The maximum absolute atomic E-state index is 12.7. The normalized spacial score (nSPS) is 11.2. The van der Waals surface area contributed by atoms with Crippen molar-refractivity contribution in [2.75, 3.05) is 0 Å². The van der Waals surface area contributed by atoms with E-state index < -0.39 is 0 Å². The zero-order chi connectivity index (χ0) is 28.6. The van der Waals surface area contributed by atoms with Crippen LogP contribution in [0.15, 0.2) is 138 Å². The second-order valence-corrected chi connectivity index (χ2v) is 10.4. The fourth-order valence-electron chi connectivity index (χ4n) is 5.61. The number of fused-ring (bicyclic) bond motifs is 1. The number of hydrogen-bond donors (Lipinski definition) is 0. The van der Waals surface area contributed by atoms with Gasteiger partial charge >= 0.3 is 5.69 Å². The predicted molar refractivity (Wildman–Crippen MR) is 171 cm³/mol. The largest absolute Gasteiger partial charge is 0.328 e. The molecule has 5 aromatic carbocycles. The van der Waals surface area contributed by atoms with Gasteiger partial charge in [-0.3, -0.25) is 9.13 Å². The van der Waals surface area contributed by atoms with Crippen molar-refractivity contribution in [2.45, 2.75) is 0 Å². The lowest BCUT2D eigenvalue weighted by Crippen LogP contribution is -2.19.